The van der Waals surface area contributed by atoms with Crippen molar-refractivity contribution in [2.45, 2.75) is 46.7 Å². The van der Waals surface area contributed by atoms with Gasteiger partial charge in [0.25, 0.3) is 0 Å². The molecule has 0 saturated heterocycles. The molecule has 1 aromatic heterocycles. The molecule has 5 heteroatoms. The van der Waals surface area contributed by atoms with E-state index in [0.29, 0.717) is 12.0 Å². The summed E-state index contributed by atoms with van der Waals surface area (Å²) in [6.45, 7) is 7.62. The summed E-state index contributed by atoms with van der Waals surface area (Å²) in [6, 6.07) is 0. The van der Waals surface area contributed by atoms with E-state index >= 15 is 0 Å². The van der Waals surface area contributed by atoms with Crippen molar-refractivity contribution in [1.29, 1.82) is 0 Å². The highest BCUT2D eigenvalue weighted by molar-refractivity contribution is 5.96. The minimum absolute atomic E-state index is 0.103. The molecule has 0 aliphatic rings. The van der Waals surface area contributed by atoms with Gasteiger partial charge in [0, 0.05) is 18.3 Å². The maximum absolute atomic E-state index is 11.8. The second kappa shape index (κ2) is 6.87. The summed E-state index contributed by atoms with van der Waals surface area (Å²) in [6.07, 6.45) is 6.19. The van der Waals surface area contributed by atoms with Crippen LogP contribution in [0.25, 0.3) is 0 Å². The highest BCUT2D eigenvalue weighted by Crippen LogP contribution is 2.17. The molecule has 1 unspecified atom stereocenters. The topological polar surface area (TPSA) is 73.3 Å². The van der Waals surface area contributed by atoms with Gasteiger partial charge in [-0.25, -0.2) is 4.68 Å². The van der Waals surface area contributed by atoms with Gasteiger partial charge in [-0.15, -0.1) is 0 Å². The van der Waals surface area contributed by atoms with Gasteiger partial charge in [0.2, 0.25) is 0 Å². The van der Waals surface area contributed by atoms with Gasteiger partial charge < -0.3 is 5.73 Å². The van der Waals surface area contributed by atoms with E-state index in [1.807, 2.05) is 27.7 Å². The van der Waals surface area contributed by atoms with Crippen molar-refractivity contribution in [2.24, 2.45) is 10.7 Å². The van der Waals surface area contributed by atoms with Crippen LogP contribution in [0.4, 0.5) is 0 Å². The van der Waals surface area contributed by atoms with E-state index in [0.717, 1.165) is 17.8 Å². The molecular formula is C14H22N4O. The van der Waals surface area contributed by atoms with E-state index in [4.69, 9.17) is 5.73 Å². The third kappa shape index (κ3) is 3.77. The fourth-order valence-electron chi connectivity index (χ4n) is 1.85. The standard InChI is InChI=1S/C14H22N4O/c1-5-13(19)12-9-18(17-11(12)4)14(6-2)16-10(3)7-8-15/h7-9,14H,5-6,15H2,1-4H3/b8-7-,16-10?. The molecule has 0 saturated carbocycles. The van der Waals surface area contributed by atoms with Gasteiger partial charge in [0.1, 0.15) is 6.17 Å². The van der Waals surface area contributed by atoms with Crippen molar-refractivity contribution in [1.82, 2.24) is 9.78 Å². The van der Waals surface area contributed by atoms with E-state index in [9.17, 15) is 4.79 Å². The molecule has 0 radical (unpaired) electrons. The summed E-state index contributed by atoms with van der Waals surface area (Å²) in [4.78, 5) is 16.3. The van der Waals surface area contributed by atoms with Crippen LogP contribution in [0.3, 0.4) is 0 Å². The zero-order chi connectivity index (χ0) is 14.4. The number of aryl methyl sites for hydroxylation is 1. The van der Waals surface area contributed by atoms with E-state index in [2.05, 4.69) is 10.1 Å². The molecule has 1 atom stereocenters. The summed E-state index contributed by atoms with van der Waals surface area (Å²) in [5.74, 6) is 0.112. The maximum Gasteiger partial charge on any atom is 0.166 e. The summed E-state index contributed by atoms with van der Waals surface area (Å²) in [7, 11) is 0. The second-order valence-electron chi connectivity index (χ2n) is 4.40. The first-order valence-corrected chi connectivity index (χ1v) is 6.55. The number of aliphatic imine (C=N–C) groups is 1. The van der Waals surface area contributed by atoms with Crippen molar-refractivity contribution in [2.75, 3.05) is 0 Å². The van der Waals surface area contributed by atoms with Crippen LogP contribution in [-0.4, -0.2) is 21.3 Å². The molecule has 1 aromatic rings. The molecular weight excluding hydrogens is 240 g/mol. The minimum Gasteiger partial charge on any atom is -0.405 e. The molecule has 0 aliphatic carbocycles. The highest BCUT2D eigenvalue weighted by Gasteiger charge is 2.15. The van der Waals surface area contributed by atoms with Crippen LogP contribution in [0.5, 0.6) is 0 Å². The maximum atomic E-state index is 11.8. The molecule has 2 N–H and O–H groups in total. The van der Waals surface area contributed by atoms with Gasteiger partial charge in [0.05, 0.1) is 11.3 Å². The number of nitrogens with zero attached hydrogens (tertiary/aromatic N) is 3. The minimum atomic E-state index is -0.103. The number of nitrogens with two attached hydrogens (primary N) is 1. The highest BCUT2D eigenvalue weighted by atomic mass is 16.1. The van der Waals surface area contributed by atoms with Crippen LogP contribution in [0.2, 0.25) is 0 Å². The Balaban J connectivity index is 3.07. The van der Waals surface area contributed by atoms with Crippen molar-refractivity contribution < 1.29 is 4.79 Å². The van der Waals surface area contributed by atoms with E-state index < -0.39 is 0 Å². The summed E-state index contributed by atoms with van der Waals surface area (Å²) < 4.78 is 1.76. The summed E-state index contributed by atoms with van der Waals surface area (Å²) in [5, 5.41) is 4.40. The number of allylic oxidation sites excluding steroid dienone is 1. The average Bonchev–Trinajstić information content (AvgIpc) is 2.77. The van der Waals surface area contributed by atoms with Crippen LogP contribution >= 0.6 is 0 Å². The number of carbonyl (C=O) groups excluding carboxylic acids is 1. The van der Waals surface area contributed by atoms with E-state index in [1.54, 1.807) is 17.0 Å². The van der Waals surface area contributed by atoms with E-state index in [1.165, 1.54) is 6.20 Å². The van der Waals surface area contributed by atoms with Crippen molar-refractivity contribution in [3.05, 3.63) is 29.7 Å². The first kappa shape index (κ1) is 15.1. The van der Waals surface area contributed by atoms with Crippen LogP contribution in [-0.2, 0) is 0 Å². The van der Waals surface area contributed by atoms with Gasteiger partial charge in [-0.05, 0) is 32.5 Å². The zero-order valence-electron chi connectivity index (χ0n) is 12.1. The summed E-state index contributed by atoms with van der Waals surface area (Å²) in [5.41, 5.74) is 7.62. The lowest BCUT2D eigenvalue weighted by Gasteiger charge is -2.11. The predicted molar refractivity (Wildman–Crippen MR) is 77.3 cm³/mol. The quantitative estimate of drug-likeness (QED) is 0.632. The molecule has 0 spiro atoms. The lowest BCUT2D eigenvalue weighted by atomic mass is 10.1. The van der Waals surface area contributed by atoms with Gasteiger partial charge in [-0.3, -0.25) is 9.79 Å². The Hall–Kier alpha value is -1.91. The largest absolute Gasteiger partial charge is 0.405 e. The molecule has 0 bridgehead atoms. The molecule has 104 valence electrons. The fourth-order valence-corrected chi connectivity index (χ4v) is 1.85. The Morgan fingerprint density at radius 3 is 2.79 bits per heavy atom. The molecule has 0 aromatic carbocycles. The fraction of sp³-hybridized carbons (Fsp3) is 0.500. The third-order valence-electron chi connectivity index (χ3n) is 2.90. The monoisotopic (exact) mass is 262 g/mol. The third-order valence-corrected chi connectivity index (χ3v) is 2.90. The van der Waals surface area contributed by atoms with Crippen LogP contribution in [0, 0.1) is 6.92 Å². The average molecular weight is 262 g/mol. The Labute approximate surface area is 114 Å². The summed E-state index contributed by atoms with van der Waals surface area (Å²) >= 11 is 0. The Morgan fingerprint density at radius 1 is 1.58 bits per heavy atom. The number of hydrogen-bond acceptors (Lipinski definition) is 4. The van der Waals surface area contributed by atoms with Gasteiger partial charge in [-0.2, -0.15) is 5.10 Å². The number of Topliss-reactive ketones (excluding diaryl/α,β-unsaturated/α-hetero) is 1. The van der Waals surface area contributed by atoms with Gasteiger partial charge in [0.15, 0.2) is 5.78 Å². The van der Waals surface area contributed by atoms with Gasteiger partial charge in [-0.1, -0.05) is 13.8 Å². The number of aromatic nitrogens is 2. The number of carbonyl (C=O) groups is 1. The van der Waals surface area contributed by atoms with Crippen molar-refractivity contribution in [3.63, 3.8) is 0 Å². The lowest BCUT2D eigenvalue weighted by molar-refractivity contribution is 0.0987. The Morgan fingerprint density at radius 2 is 2.26 bits per heavy atom. The molecule has 0 aliphatic heterocycles. The van der Waals surface area contributed by atoms with Crippen LogP contribution in [0.15, 0.2) is 23.5 Å². The zero-order valence-corrected chi connectivity index (χ0v) is 12.1. The number of hydrogen-bond donors (Lipinski definition) is 1. The number of rotatable bonds is 6. The smallest absolute Gasteiger partial charge is 0.166 e. The van der Waals surface area contributed by atoms with Crippen LogP contribution in [0.1, 0.15) is 55.8 Å². The Bertz CT molecular complexity index is 500. The molecule has 5 nitrogen and oxygen atoms in total. The second-order valence-corrected chi connectivity index (χ2v) is 4.40. The molecule has 0 amide bonds. The number of ketones is 1. The first-order chi connectivity index (χ1) is 9.03. The van der Waals surface area contributed by atoms with Crippen molar-refractivity contribution >= 4 is 11.5 Å². The lowest BCUT2D eigenvalue weighted by Crippen LogP contribution is -2.08. The molecule has 0 fully saturated rings. The molecule has 1 rings (SSSR count). The normalized spacial score (nSPS) is 14.0. The molecule has 19 heavy (non-hydrogen) atoms. The first-order valence-electron chi connectivity index (χ1n) is 6.55. The van der Waals surface area contributed by atoms with E-state index in [-0.39, 0.29) is 11.9 Å². The Kier molecular flexibility index (Phi) is 5.48. The van der Waals surface area contributed by atoms with Gasteiger partial charge >= 0.3 is 0 Å². The van der Waals surface area contributed by atoms with Crippen molar-refractivity contribution in [3.8, 4) is 0 Å². The van der Waals surface area contributed by atoms with Crippen LogP contribution < -0.4 is 5.73 Å². The SMILES string of the molecule is CCC(=O)c1cn(C(CC)N=C(C)/C=C\N)nc1C. The molecule has 1 heterocycles. The predicted octanol–water partition coefficient (Wildman–Crippen LogP) is 2.63.